The van der Waals surface area contributed by atoms with E-state index in [1.165, 1.54) is 0 Å². The first-order valence-electron chi connectivity index (χ1n) is 16.1. The van der Waals surface area contributed by atoms with Crippen molar-refractivity contribution >= 4 is 33.7 Å². The Hall–Kier alpha value is -6.12. The Bertz CT molecular complexity index is 2180. The van der Waals surface area contributed by atoms with Crippen LogP contribution in [-0.4, -0.2) is 48.4 Å². The molecule has 0 spiro atoms. The Morgan fingerprint density at radius 2 is 0.812 bits per heavy atom. The number of aromatic amines is 1. The normalized spacial score (nSPS) is 25.3. The molecule has 0 saturated carbocycles. The number of aliphatic imine (C=N–C) groups is 2. The zero-order chi connectivity index (χ0) is 31.9. The number of nitrogens with one attached hydrogen (secondary N) is 2. The van der Waals surface area contributed by atoms with Crippen molar-refractivity contribution in [1.82, 2.24) is 30.2 Å². The molecule has 8 nitrogen and oxygen atoms in total. The molecule has 0 aliphatic carbocycles. The molecule has 5 aromatic rings. The van der Waals surface area contributed by atoms with Crippen LogP contribution in [0.1, 0.15) is 35.1 Å². The van der Waals surface area contributed by atoms with Gasteiger partial charge in [0.15, 0.2) is 0 Å². The first kappa shape index (κ1) is 28.1. The first-order chi connectivity index (χ1) is 23.8. The van der Waals surface area contributed by atoms with E-state index >= 15 is 0 Å². The van der Waals surface area contributed by atoms with Crippen molar-refractivity contribution in [3.05, 3.63) is 179 Å². The maximum Gasteiger partial charge on any atom is 0.0737 e. The van der Waals surface area contributed by atoms with Crippen molar-refractivity contribution in [3.8, 4) is 0 Å². The lowest BCUT2D eigenvalue weighted by Gasteiger charge is -2.22. The van der Waals surface area contributed by atoms with Crippen molar-refractivity contribution in [2.75, 3.05) is 0 Å². The second kappa shape index (κ2) is 11.9. The molecule has 8 bridgehead atoms. The fourth-order valence-corrected chi connectivity index (χ4v) is 7.23. The molecule has 1 fully saturated rings. The lowest BCUT2D eigenvalue weighted by Crippen LogP contribution is -2.32. The summed E-state index contributed by atoms with van der Waals surface area (Å²) in [5, 5.41) is 5.94. The Morgan fingerprint density at radius 1 is 0.438 bits per heavy atom. The number of rotatable bonds is 4. The smallest absolute Gasteiger partial charge is 0.0737 e. The molecule has 2 N–H and O–H groups in total. The van der Waals surface area contributed by atoms with Crippen molar-refractivity contribution < 1.29 is 0 Å². The fourth-order valence-electron chi connectivity index (χ4n) is 7.23. The van der Waals surface area contributed by atoms with Gasteiger partial charge in [-0.1, -0.05) is 0 Å². The van der Waals surface area contributed by atoms with E-state index in [1.54, 1.807) is 0 Å². The van der Waals surface area contributed by atoms with Gasteiger partial charge in [0.25, 0.3) is 0 Å². The second-order valence-corrected chi connectivity index (χ2v) is 12.1. The molecule has 0 radical (unpaired) electrons. The van der Waals surface area contributed by atoms with Gasteiger partial charge in [0.05, 0.1) is 22.8 Å². The van der Waals surface area contributed by atoms with Gasteiger partial charge in [0, 0.05) is 94.6 Å². The Labute approximate surface area is 277 Å². The maximum absolute atomic E-state index is 5.36. The number of nitrogens with zero attached hydrogens (tertiary/aromatic N) is 6. The van der Waals surface area contributed by atoms with Gasteiger partial charge in [-0.05, 0) is 120 Å². The molecule has 230 valence electrons. The summed E-state index contributed by atoms with van der Waals surface area (Å²) < 4.78 is 0. The molecular formula is C40H30N8. The van der Waals surface area contributed by atoms with Gasteiger partial charge in [0.1, 0.15) is 0 Å². The number of H-pyrrole nitrogens is 1. The van der Waals surface area contributed by atoms with Crippen LogP contribution in [0.25, 0.3) is 22.3 Å². The number of pyridine rings is 4. The fraction of sp³-hybridized carbons (Fsp3) is 0.100. The van der Waals surface area contributed by atoms with Crippen LogP contribution < -0.4 is 16.0 Å². The van der Waals surface area contributed by atoms with E-state index in [2.05, 4.69) is 90.9 Å². The second-order valence-electron chi connectivity index (χ2n) is 12.1. The molecule has 5 aromatic heterocycles. The SMILES string of the molecule is C1=C/C2=C(\c3ccncc3)C3CCC(N3)/C(c3ccncc3)=C3/C=CC(=N3)/C(c3ccncc3)=c3/cc/c([nH]3)=C(\c3ccncc3)C1=N2. The van der Waals surface area contributed by atoms with E-state index in [0.717, 1.165) is 90.9 Å². The molecule has 9 rings (SSSR count). The molecule has 4 aliphatic rings. The molecule has 0 amide bonds. The number of aromatic nitrogens is 5. The van der Waals surface area contributed by atoms with Crippen molar-refractivity contribution in [2.45, 2.75) is 24.9 Å². The summed E-state index contributed by atoms with van der Waals surface area (Å²) in [7, 11) is 0. The van der Waals surface area contributed by atoms with Crippen molar-refractivity contribution in [3.63, 3.8) is 0 Å². The minimum atomic E-state index is 0.0692. The number of fused-ring (bicyclic) bond motifs is 6. The number of hydrogen-bond donors (Lipinski definition) is 2. The van der Waals surface area contributed by atoms with Crippen LogP contribution in [0.15, 0.2) is 156 Å². The standard InChI is InChI=1S/C40H30N8/c1-2-30-38(26-11-19-42-20-12-26)32-5-6-34(47-32)40(28-15-23-44-24-16-28)36-8-7-35(48-36)39(27-13-21-43-22-14-27)33-4-3-31(46-33)37(29(1)45-30)25-9-17-41-18-10-25/h1-6,9-24,35-36,45,48H,7-8H2/b37-29-,38-30-,39-33-,40-34-. The van der Waals surface area contributed by atoms with Crippen LogP contribution in [0.5, 0.6) is 0 Å². The quantitative estimate of drug-likeness (QED) is 0.295. The first-order valence-corrected chi connectivity index (χ1v) is 16.1. The zero-order valence-electron chi connectivity index (χ0n) is 26.0. The summed E-state index contributed by atoms with van der Waals surface area (Å²) in [6.45, 7) is 0. The lowest BCUT2D eigenvalue weighted by atomic mass is 9.95. The highest BCUT2D eigenvalue weighted by molar-refractivity contribution is 6.31. The summed E-state index contributed by atoms with van der Waals surface area (Å²) in [5.74, 6) is 0. The van der Waals surface area contributed by atoms with E-state index in [4.69, 9.17) is 9.98 Å². The lowest BCUT2D eigenvalue weighted by molar-refractivity contribution is 0.687. The van der Waals surface area contributed by atoms with Gasteiger partial charge in [0.2, 0.25) is 0 Å². The van der Waals surface area contributed by atoms with E-state index in [0.29, 0.717) is 0 Å². The van der Waals surface area contributed by atoms with Crippen molar-refractivity contribution in [1.29, 1.82) is 0 Å². The molecule has 1 saturated heterocycles. The van der Waals surface area contributed by atoms with Gasteiger partial charge in [-0.25, -0.2) is 9.98 Å². The van der Waals surface area contributed by atoms with E-state index in [1.807, 2.05) is 73.8 Å². The van der Waals surface area contributed by atoms with Gasteiger partial charge >= 0.3 is 0 Å². The summed E-state index contributed by atoms with van der Waals surface area (Å²) >= 11 is 0. The van der Waals surface area contributed by atoms with Crippen LogP contribution >= 0.6 is 0 Å². The molecule has 9 heterocycles. The summed E-state index contributed by atoms with van der Waals surface area (Å²) in [6, 6.07) is 20.9. The van der Waals surface area contributed by atoms with Crippen LogP contribution in [0.2, 0.25) is 0 Å². The van der Waals surface area contributed by atoms with E-state index in [9.17, 15) is 0 Å². The number of hydrogen-bond acceptors (Lipinski definition) is 7. The summed E-state index contributed by atoms with van der Waals surface area (Å²) in [4.78, 5) is 31.7. The van der Waals surface area contributed by atoms with Crippen molar-refractivity contribution in [2.24, 2.45) is 9.98 Å². The van der Waals surface area contributed by atoms with Crippen LogP contribution in [0.3, 0.4) is 0 Å². The Morgan fingerprint density at radius 3 is 1.21 bits per heavy atom. The highest BCUT2D eigenvalue weighted by Gasteiger charge is 2.34. The predicted octanol–water partition coefficient (Wildman–Crippen LogP) is 4.97. The third-order valence-electron chi connectivity index (χ3n) is 9.33. The monoisotopic (exact) mass is 622 g/mol. The molecule has 0 aromatic carbocycles. The molecule has 2 atom stereocenters. The summed E-state index contributed by atoms with van der Waals surface area (Å²) in [5.41, 5.74) is 12.3. The topological polar surface area (TPSA) is 104 Å². The molecule has 2 unspecified atom stereocenters. The van der Waals surface area contributed by atoms with Crippen LogP contribution in [0, 0.1) is 0 Å². The maximum atomic E-state index is 5.36. The predicted molar refractivity (Wildman–Crippen MR) is 189 cm³/mol. The Balaban J connectivity index is 1.37. The third kappa shape index (κ3) is 4.99. The largest absolute Gasteiger partial charge is 0.354 e. The minimum Gasteiger partial charge on any atom is -0.354 e. The van der Waals surface area contributed by atoms with E-state index in [-0.39, 0.29) is 12.1 Å². The molecule has 48 heavy (non-hydrogen) atoms. The Kier molecular flexibility index (Phi) is 6.98. The van der Waals surface area contributed by atoms with Gasteiger partial charge in [-0.3, -0.25) is 19.9 Å². The molecular weight excluding hydrogens is 592 g/mol. The third-order valence-corrected chi connectivity index (χ3v) is 9.33. The molecule has 4 aliphatic heterocycles. The van der Waals surface area contributed by atoms with Gasteiger partial charge in [-0.15, -0.1) is 0 Å². The summed E-state index contributed by atoms with van der Waals surface area (Å²) in [6.07, 6.45) is 25.2. The van der Waals surface area contributed by atoms with Gasteiger partial charge < -0.3 is 10.3 Å². The molecule has 8 heteroatoms. The minimum absolute atomic E-state index is 0.0692. The van der Waals surface area contributed by atoms with E-state index < -0.39 is 0 Å². The highest BCUT2D eigenvalue weighted by Crippen LogP contribution is 2.38. The van der Waals surface area contributed by atoms with Crippen LogP contribution in [-0.2, 0) is 0 Å². The van der Waals surface area contributed by atoms with Crippen LogP contribution in [0.4, 0.5) is 0 Å². The van der Waals surface area contributed by atoms with Gasteiger partial charge in [-0.2, -0.15) is 0 Å². The average molecular weight is 623 g/mol. The highest BCUT2D eigenvalue weighted by atomic mass is 15.0. The average Bonchev–Trinajstić information content (AvgIpc) is 3.98. The number of allylic oxidation sites excluding steroid dienone is 4. The zero-order valence-corrected chi connectivity index (χ0v) is 26.0.